The minimum atomic E-state index is -0.587. The van der Waals surface area contributed by atoms with Gasteiger partial charge in [-0.2, -0.15) is 4.98 Å². The molecule has 0 atom stereocenters. The summed E-state index contributed by atoms with van der Waals surface area (Å²) in [5, 5.41) is 29.3. The van der Waals surface area contributed by atoms with Crippen LogP contribution in [0.2, 0.25) is 0 Å². The van der Waals surface area contributed by atoms with E-state index in [4.69, 9.17) is 9.47 Å². The minimum Gasteiger partial charge on any atom is -0.497 e. The maximum absolute atomic E-state index is 12.1. The third-order valence-corrected chi connectivity index (χ3v) is 5.31. The topological polar surface area (TPSA) is 155 Å². The van der Waals surface area contributed by atoms with Crippen molar-refractivity contribution in [3.8, 4) is 11.5 Å². The Morgan fingerprint density at radius 1 is 0.763 bits per heavy atom. The first kappa shape index (κ1) is 25.6. The number of nitro benzene ring substituents is 1. The Morgan fingerprint density at radius 3 is 1.92 bits per heavy atom. The second-order valence-electron chi connectivity index (χ2n) is 7.78. The van der Waals surface area contributed by atoms with Gasteiger partial charge in [0.25, 0.3) is 5.69 Å². The van der Waals surface area contributed by atoms with E-state index in [1.54, 1.807) is 61.7 Å². The van der Waals surface area contributed by atoms with E-state index in [1.165, 1.54) is 37.5 Å². The summed E-state index contributed by atoms with van der Waals surface area (Å²) in [4.78, 5) is 30.9. The van der Waals surface area contributed by atoms with Crippen LogP contribution in [-0.4, -0.2) is 34.0 Å². The number of nitrogens with zero attached hydrogens (tertiary/aromatic N) is 4. The van der Waals surface area contributed by atoms with Crippen molar-refractivity contribution < 1.29 is 19.3 Å². The van der Waals surface area contributed by atoms with E-state index in [9.17, 15) is 20.2 Å². The molecule has 12 heteroatoms. The number of hydrogen-bond acceptors (Lipinski definition) is 10. The lowest BCUT2D eigenvalue weighted by atomic mass is 10.1. The highest BCUT2D eigenvalue weighted by Gasteiger charge is 2.24. The number of non-ortho nitro benzene ring substituents is 1. The van der Waals surface area contributed by atoms with Crippen LogP contribution in [0.15, 0.2) is 72.8 Å². The van der Waals surface area contributed by atoms with Crippen LogP contribution in [0.25, 0.3) is 12.2 Å². The fourth-order valence-electron chi connectivity index (χ4n) is 3.44. The molecule has 0 aliphatic heterocycles. The Balaban J connectivity index is 1.78. The van der Waals surface area contributed by atoms with E-state index in [1.807, 2.05) is 0 Å². The number of aromatic nitrogens is 2. The molecule has 0 spiro atoms. The van der Waals surface area contributed by atoms with Gasteiger partial charge >= 0.3 is 5.69 Å². The fraction of sp³-hybridized carbons (Fsp3) is 0.0769. The molecule has 4 rings (SSSR count). The minimum absolute atomic E-state index is 0.0106. The average molecular weight is 514 g/mol. The Kier molecular flexibility index (Phi) is 7.72. The number of nitrogens with one attached hydrogen (secondary N) is 2. The Labute approximate surface area is 216 Å². The third kappa shape index (κ3) is 6.18. The summed E-state index contributed by atoms with van der Waals surface area (Å²) in [6.45, 7) is 0. The SMILES string of the molecule is COc1ccc(Nc2nc(C=Cc3cccc([N+](=O)[O-])c3)c([N+](=O)[O-])c(Nc3ccc(OC)cc3)n2)cc1. The van der Waals surface area contributed by atoms with Gasteiger partial charge in [0.05, 0.1) is 24.1 Å². The predicted octanol–water partition coefficient (Wildman–Crippen LogP) is 5.97. The van der Waals surface area contributed by atoms with Crippen molar-refractivity contribution in [1.29, 1.82) is 0 Å². The normalized spacial score (nSPS) is 10.7. The predicted molar refractivity (Wildman–Crippen MR) is 143 cm³/mol. The van der Waals surface area contributed by atoms with E-state index in [0.29, 0.717) is 28.4 Å². The Hall–Kier alpha value is -5.52. The van der Waals surface area contributed by atoms with Crippen molar-refractivity contribution in [3.05, 3.63) is 104 Å². The van der Waals surface area contributed by atoms with E-state index in [0.717, 1.165) is 0 Å². The smallest absolute Gasteiger partial charge is 0.337 e. The second-order valence-corrected chi connectivity index (χ2v) is 7.78. The molecule has 0 aliphatic carbocycles. The van der Waals surface area contributed by atoms with Gasteiger partial charge in [0.1, 0.15) is 17.2 Å². The monoisotopic (exact) mass is 514 g/mol. The molecule has 0 bridgehead atoms. The van der Waals surface area contributed by atoms with Gasteiger partial charge in [-0.3, -0.25) is 20.2 Å². The first-order chi connectivity index (χ1) is 18.4. The maximum atomic E-state index is 12.1. The van der Waals surface area contributed by atoms with Gasteiger partial charge in [0, 0.05) is 23.5 Å². The number of nitro groups is 2. The average Bonchev–Trinajstić information content (AvgIpc) is 2.92. The lowest BCUT2D eigenvalue weighted by molar-refractivity contribution is -0.384. The summed E-state index contributed by atoms with van der Waals surface area (Å²) >= 11 is 0. The van der Waals surface area contributed by atoms with Gasteiger partial charge < -0.3 is 20.1 Å². The summed E-state index contributed by atoms with van der Waals surface area (Å²) in [5.74, 6) is 1.32. The molecule has 2 N–H and O–H groups in total. The van der Waals surface area contributed by atoms with Crippen LogP contribution in [0.5, 0.6) is 11.5 Å². The van der Waals surface area contributed by atoms with Gasteiger partial charge in [-0.15, -0.1) is 0 Å². The number of ether oxygens (including phenoxy) is 2. The van der Waals surface area contributed by atoms with Gasteiger partial charge in [0.15, 0.2) is 0 Å². The summed E-state index contributed by atoms with van der Waals surface area (Å²) < 4.78 is 10.3. The Morgan fingerprint density at radius 2 is 1.37 bits per heavy atom. The standard InChI is InChI=1S/C26H22N6O6/c1-37-21-11-7-18(8-12-21)27-25-24(32(35)36)23(15-6-17-4-3-5-20(16-17)31(33)34)29-26(30-25)28-19-9-13-22(38-2)14-10-19/h3-16H,1-2H3,(H2,27,28,29,30). The highest BCUT2D eigenvalue weighted by Crippen LogP contribution is 2.32. The van der Waals surface area contributed by atoms with Crippen molar-refractivity contribution in [2.45, 2.75) is 0 Å². The number of hydrogen-bond donors (Lipinski definition) is 2. The molecule has 0 saturated carbocycles. The molecular formula is C26H22N6O6. The van der Waals surface area contributed by atoms with E-state index in [-0.39, 0.29) is 28.8 Å². The highest BCUT2D eigenvalue weighted by atomic mass is 16.6. The molecule has 38 heavy (non-hydrogen) atoms. The van der Waals surface area contributed by atoms with Crippen LogP contribution in [0, 0.1) is 20.2 Å². The van der Waals surface area contributed by atoms with Crippen molar-refractivity contribution in [1.82, 2.24) is 9.97 Å². The zero-order chi connectivity index (χ0) is 27.1. The molecule has 0 amide bonds. The number of methoxy groups -OCH3 is 2. The summed E-state index contributed by atoms with van der Waals surface area (Å²) in [6, 6.07) is 19.7. The number of rotatable bonds is 10. The van der Waals surface area contributed by atoms with E-state index >= 15 is 0 Å². The molecule has 0 unspecified atom stereocenters. The van der Waals surface area contributed by atoms with Crippen LogP contribution < -0.4 is 20.1 Å². The third-order valence-electron chi connectivity index (χ3n) is 5.31. The van der Waals surface area contributed by atoms with Gasteiger partial charge in [0.2, 0.25) is 11.8 Å². The van der Waals surface area contributed by atoms with Crippen molar-refractivity contribution in [2.75, 3.05) is 24.9 Å². The quantitative estimate of drug-likeness (QED) is 0.191. The second kappa shape index (κ2) is 11.5. The maximum Gasteiger partial charge on any atom is 0.337 e. The van der Waals surface area contributed by atoms with Crippen LogP contribution in [-0.2, 0) is 0 Å². The Bertz CT molecular complexity index is 1490. The van der Waals surface area contributed by atoms with Crippen molar-refractivity contribution in [2.24, 2.45) is 0 Å². The van der Waals surface area contributed by atoms with Gasteiger partial charge in [-0.1, -0.05) is 18.2 Å². The molecule has 12 nitrogen and oxygen atoms in total. The summed E-state index contributed by atoms with van der Waals surface area (Å²) in [7, 11) is 3.09. The fourth-order valence-corrected chi connectivity index (χ4v) is 3.44. The molecule has 0 aliphatic rings. The van der Waals surface area contributed by atoms with Crippen LogP contribution in [0.3, 0.4) is 0 Å². The molecule has 1 heterocycles. The molecule has 1 aromatic heterocycles. The zero-order valence-corrected chi connectivity index (χ0v) is 20.3. The molecule has 3 aromatic carbocycles. The zero-order valence-electron chi connectivity index (χ0n) is 20.3. The summed E-state index contributed by atoms with van der Waals surface area (Å²) in [5.41, 5.74) is 1.15. The summed E-state index contributed by atoms with van der Waals surface area (Å²) in [6.07, 6.45) is 2.92. The first-order valence-electron chi connectivity index (χ1n) is 11.2. The molecule has 0 fully saturated rings. The molecule has 0 radical (unpaired) electrons. The van der Waals surface area contributed by atoms with Crippen molar-refractivity contribution in [3.63, 3.8) is 0 Å². The number of benzene rings is 3. The lowest BCUT2D eigenvalue weighted by Crippen LogP contribution is -2.07. The largest absolute Gasteiger partial charge is 0.497 e. The molecule has 4 aromatic rings. The van der Waals surface area contributed by atoms with Gasteiger partial charge in [-0.05, 0) is 60.2 Å². The van der Waals surface area contributed by atoms with Gasteiger partial charge in [-0.25, -0.2) is 4.98 Å². The first-order valence-corrected chi connectivity index (χ1v) is 11.2. The van der Waals surface area contributed by atoms with Crippen LogP contribution >= 0.6 is 0 Å². The highest BCUT2D eigenvalue weighted by molar-refractivity contribution is 5.80. The molecule has 0 saturated heterocycles. The number of anilines is 4. The van der Waals surface area contributed by atoms with E-state index in [2.05, 4.69) is 20.6 Å². The van der Waals surface area contributed by atoms with Crippen molar-refractivity contribution >= 4 is 46.7 Å². The molecular weight excluding hydrogens is 492 g/mol. The van der Waals surface area contributed by atoms with Crippen LogP contribution in [0.4, 0.5) is 34.5 Å². The lowest BCUT2D eigenvalue weighted by Gasteiger charge is -2.12. The molecule has 192 valence electrons. The van der Waals surface area contributed by atoms with Crippen LogP contribution in [0.1, 0.15) is 11.3 Å². The van der Waals surface area contributed by atoms with E-state index < -0.39 is 9.85 Å².